The van der Waals surface area contributed by atoms with Crippen LogP contribution in [0.2, 0.25) is 0 Å². The van der Waals surface area contributed by atoms with E-state index in [1.54, 1.807) is 24.2 Å². The number of likely N-dealkylation sites (tertiary alicyclic amines) is 1. The van der Waals surface area contributed by atoms with Gasteiger partial charge in [0.1, 0.15) is 0 Å². The predicted octanol–water partition coefficient (Wildman–Crippen LogP) is 1.33. The molecule has 0 aromatic carbocycles. The molecule has 0 unspecified atom stereocenters. The van der Waals surface area contributed by atoms with Crippen LogP contribution in [0.5, 0.6) is 0 Å². The van der Waals surface area contributed by atoms with Gasteiger partial charge in [-0.1, -0.05) is 6.07 Å². The zero-order valence-electron chi connectivity index (χ0n) is 18.0. The summed E-state index contributed by atoms with van der Waals surface area (Å²) < 4.78 is 0. The van der Waals surface area contributed by atoms with Crippen LogP contribution in [0.1, 0.15) is 51.0 Å². The van der Waals surface area contributed by atoms with Gasteiger partial charge in [-0.3, -0.25) is 24.2 Å². The molecule has 0 atom stereocenters. The molecule has 0 radical (unpaired) electrons. The molecule has 1 saturated carbocycles. The molecule has 3 rings (SSSR count). The number of hydrogen-bond donors (Lipinski definition) is 3. The summed E-state index contributed by atoms with van der Waals surface area (Å²) in [4.78, 5) is 50.5. The van der Waals surface area contributed by atoms with Crippen molar-refractivity contribution in [1.29, 1.82) is 0 Å². The van der Waals surface area contributed by atoms with Gasteiger partial charge < -0.3 is 20.6 Å². The molecule has 1 aliphatic heterocycles. The summed E-state index contributed by atoms with van der Waals surface area (Å²) >= 11 is 0. The Morgan fingerprint density at radius 1 is 1.10 bits per heavy atom. The number of nitrogens with zero attached hydrogens (tertiary/aromatic N) is 2. The second kappa shape index (κ2) is 12.7. The molecule has 9 nitrogen and oxygen atoms in total. The lowest BCUT2D eigenvalue weighted by molar-refractivity contribution is -0.134. The molecule has 2 heterocycles. The van der Waals surface area contributed by atoms with E-state index < -0.39 is 0 Å². The van der Waals surface area contributed by atoms with Crippen molar-refractivity contribution < 1.29 is 24.3 Å². The Bertz CT molecular complexity index is 727. The first-order valence-electron chi connectivity index (χ1n) is 10.7. The summed E-state index contributed by atoms with van der Waals surface area (Å²) in [6.07, 6.45) is 8.21. The summed E-state index contributed by atoms with van der Waals surface area (Å²) in [6, 6.07) is 3.96. The van der Waals surface area contributed by atoms with Gasteiger partial charge in [0.25, 0.3) is 6.47 Å². The minimum atomic E-state index is -0.250. The van der Waals surface area contributed by atoms with Crippen LogP contribution in [0.4, 0.5) is 0 Å². The molecule has 3 amide bonds. The SMILES string of the molecule is CC(=O)N1CCC(C(=O)NC2CCC(C(=O)NCc3cccnc3)CC2)CC1.O=CO. The number of pyridine rings is 1. The first-order valence-corrected chi connectivity index (χ1v) is 10.7. The van der Waals surface area contributed by atoms with Crippen LogP contribution in [-0.4, -0.2) is 58.3 Å². The largest absolute Gasteiger partial charge is 0.483 e. The molecule has 170 valence electrons. The highest BCUT2D eigenvalue weighted by molar-refractivity contribution is 5.80. The third-order valence-electron chi connectivity index (χ3n) is 5.94. The van der Waals surface area contributed by atoms with Crippen LogP contribution in [0, 0.1) is 11.8 Å². The van der Waals surface area contributed by atoms with Crippen molar-refractivity contribution in [3.05, 3.63) is 30.1 Å². The Kier molecular flexibility index (Phi) is 9.93. The highest BCUT2D eigenvalue weighted by Crippen LogP contribution is 2.26. The van der Waals surface area contributed by atoms with Crippen molar-refractivity contribution in [1.82, 2.24) is 20.5 Å². The summed E-state index contributed by atoms with van der Waals surface area (Å²) in [5.41, 5.74) is 0.993. The van der Waals surface area contributed by atoms with Gasteiger partial charge in [-0.05, 0) is 50.2 Å². The molecule has 2 fully saturated rings. The average molecular weight is 433 g/mol. The van der Waals surface area contributed by atoms with Crippen molar-refractivity contribution in [2.75, 3.05) is 13.1 Å². The van der Waals surface area contributed by atoms with Gasteiger partial charge in [-0.2, -0.15) is 0 Å². The van der Waals surface area contributed by atoms with E-state index in [2.05, 4.69) is 15.6 Å². The maximum atomic E-state index is 12.5. The molecular weight excluding hydrogens is 400 g/mol. The smallest absolute Gasteiger partial charge is 0.290 e. The maximum absolute atomic E-state index is 12.5. The lowest BCUT2D eigenvalue weighted by Gasteiger charge is -2.33. The van der Waals surface area contributed by atoms with Crippen molar-refractivity contribution in [2.24, 2.45) is 11.8 Å². The monoisotopic (exact) mass is 432 g/mol. The topological polar surface area (TPSA) is 129 Å². The van der Waals surface area contributed by atoms with E-state index in [9.17, 15) is 14.4 Å². The second-order valence-electron chi connectivity index (χ2n) is 8.02. The number of carboxylic acid groups (broad SMARTS) is 1. The van der Waals surface area contributed by atoms with Gasteiger partial charge in [-0.25, -0.2) is 0 Å². The highest BCUT2D eigenvalue weighted by Gasteiger charge is 2.30. The molecular formula is C22H32N4O5. The van der Waals surface area contributed by atoms with E-state index in [1.807, 2.05) is 12.1 Å². The Hall–Kier alpha value is -2.97. The number of aromatic nitrogens is 1. The second-order valence-corrected chi connectivity index (χ2v) is 8.02. The number of carbonyl (C=O) groups excluding carboxylic acids is 3. The number of hydrogen-bond acceptors (Lipinski definition) is 5. The minimum absolute atomic E-state index is 0.00361. The molecule has 31 heavy (non-hydrogen) atoms. The van der Waals surface area contributed by atoms with Gasteiger partial charge in [0.2, 0.25) is 17.7 Å². The molecule has 1 aliphatic carbocycles. The fourth-order valence-electron chi connectivity index (χ4n) is 4.11. The summed E-state index contributed by atoms with van der Waals surface area (Å²) in [5.74, 6) is 0.289. The van der Waals surface area contributed by atoms with Gasteiger partial charge >= 0.3 is 0 Å². The number of nitrogens with one attached hydrogen (secondary N) is 2. The van der Waals surface area contributed by atoms with Crippen molar-refractivity contribution in [3.8, 4) is 0 Å². The van der Waals surface area contributed by atoms with Crippen molar-refractivity contribution in [3.63, 3.8) is 0 Å². The van der Waals surface area contributed by atoms with Gasteiger partial charge in [0.15, 0.2) is 0 Å². The van der Waals surface area contributed by atoms with Gasteiger partial charge in [-0.15, -0.1) is 0 Å². The number of rotatable bonds is 5. The average Bonchev–Trinajstić information content (AvgIpc) is 2.79. The zero-order valence-corrected chi connectivity index (χ0v) is 18.0. The van der Waals surface area contributed by atoms with Crippen molar-refractivity contribution in [2.45, 2.75) is 58.0 Å². The van der Waals surface area contributed by atoms with E-state index in [0.29, 0.717) is 19.6 Å². The minimum Gasteiger partial charge on any atom is -0.483 e. The molecule has 1 saturated heterocycles. The standard InChI is InChI=1S/C21H30N4O3.CH2O2/c1-15(26)25-11-8-18(9-12-25)21(28)24-19-6-4-17(5-7-19)20(27)23-14-16-3-2-10-22-13-16;2-1-3/h2-3,10,13,17-19H,4-9,11-12,14H2,1H3,(H,23,27)(H,24,28);1H,(H,2,3). The molecule has 1 aromatic rings. The first kappa shape index (κ1) is 24.3. The molecule has 3 N–H and O–H groups in total. The Morgan fingerprint density at radius 3 is 2.26 bits per heavy atom. The fraction of sp³-hybridized carbons (Fsp3) is 0.591. The summed E-state index contributed by atoms with van der Waals surface area (Å²) in [6.45, 7) is 3.16. The molecule has 0 bridgehead atoms. The zero-order chi connectivity index (χ0) is 22.6. The van der Waals surface area contributed by atoms with Crippen LogP contribution < -0.4 is 10.6 Å². The Morgan fingerprint density at radius 2 is 1.71 bits per heavy atom. The third kappa shape index (κ3) is 7.99. The van der Waals surface area contributed by atoms with E-state index in [4.69, 9.17) is 9.90 Å². The first-order chi connectivity index (χ1) is 14.9. The highest BCUT2D eigenvalue weighted by atomic mass is 16.3. The lowest BCUT2D eigenvalue weighted by Crippen LogP contribution is -2.46. The Balaban J connectivity index is 0.00000107. The van der Waals surface area contributed by atoms with E-state index >= 15 is 0 Å². The lowest BCUT2D eigenvalue weighted by atomic mass is 9.85. The summed E-state index contributed by atoms with van der Waals surface area (Å²) in [5, 5.41) is 13.0. The molecule has 0 spiro atoms. The quantitative estimate of drug-likeness (QED) is 0.602. The summed E-state index contributed by atoms with van der Waals surface area (Å²) in [7, 11) is 0. The van der Waals surface area contributed by atoms with Crippen LogP contribution in [0.15, 0.2) is 24.5 Å². The normalized spacial score (nSPS) is 21.3. The van der Waals surface area contributed by atoms with Crippen molar-refractivity contribution >= 4 is 24.2 Å². The molecule has 9 heteroatoms. The van der Waals surface area contributed by atoms with E-state index in [1.165, 1.54) is 0 Å². The van der Waals surface area contributed by atoms with Crippen LogP contribution >= 0.6 is 0 Å². The molecule has 2 aliphatic rings. The van der Waals surface area contributed by atoms with Crippen LogP contribution in [0.25, 0.3) is 0 Å². The number of amides is 3. The van der Waals surface area contributed by atoms with E-state index in [0.717, 1.165) is 44.1 Å². The van der Waals surface area contributed by atoms with Crippen LogP contribution in [0.3, 0.4) is 0 Å². The van der Waals surface area contributed by atoms with Gasteiger partial charge in [0.05, 0.1) is 0 Å². The number of carbonyl (C=O) groups is 4. The van der Waals surface area contributed by atoms with E-state index in [-0.39, 0.29) is 42.1 Å². The maximum Gasteiger partial charge on any atom is 0.290 e. The fourth-order valence-corrected chi connectivity index (χ4v) is 4.11. The molecule has 1 aromatic heterocycles. The predicted molar refractivity (Wildman–Crippen MR) is 114 cm³/mol. The van der Waals surface area contributed by atoms with Crippen LogP contribution in [-0.2, 0) is 25.7 Å². The third-order valence-corrected chi connectivity index (χ3v) is 5.94. The Labute approximate surface area is 182 Å². The van der Waals surface area contributed by atoms with Gasteiger partial charge in [0, 0.05) is 56.8 Å². The number of piperidine rings is 1.